The smallest absolute Gasteiger partial charge is 0.217 e. The minimum absolute atomic E-state index is 0.0172. The van der Waals surface area contributed by atoms with Gasteiger partial charge in [-0.05, 0) is 12.8 Å². The highest BCUT2D eigenvalue weighted by Gasteiger charge is 2.18. The number of aliphatic hydroxyl groups is 1. The second-order valence-electron chi connectivity index (χ2n) is 3.50. The van der Waals surface area contributed by atoms with E-state index in [0.717, 1.165) is 17.8 Å². The Morgan fingerprint density at radius 1 is 1.50 bits per heavy atom. The average molecular weight is 198 g/mol. The molecule has 1 rings (SSSR count). The summed E-state index contributed by atoms with van der Waals surface area (Å²) in [4.78, 5) is 0. The van der Waals surface area contributed by atoms with Crippen molar-refractivity contribution in [1.29, 1.82) is 0 Å². The van der Waals surface area contributed by atoms with Crippen LogP contribution in [-0.2, 0) is 13.2 Å². The first-order chi connectivity index (χ1) is 6.65. The van der Waals surface area contributed by atoms with Crippen molar-refractivity contribution < 1.29 is 9.84 Å². The molecule has 0 atom stereocenters. The predicted octanol–water partition coefficient (Wildman–Crippen LogP) is 1.53. The number of hydrogen-bond donors (Lipinski definition) is 1. The quantitative estimate of drug-likeness (QED) is 0.798. The van der Waals surface area contributed by atoms with Crippen molar-refractivity contribution in [3.63, 3.8) is 0 Å². The van der Waals surface area contributed by atoms with E-state index in [4.69, 9.17) is 4.74 Å². The van der Waals surface area contributed by atoms with E-state index in [9.17, 15) is 5.11 Å². The van der Waals surface area contributed by atoms with E-state index in [-0.39, 0.29) is 6.61 Å². The fourth-order valence-corrected chi connectivity index (χ4v) is 1.56. The van der Waals surface area contributed by atoms with Crippen LogP contribution in [0.3, 0.4) is 0 Å². The molecule has 0 saturated heterocycles. The number of nitrogens with zero attached hydrogens (tertiary/aromatic N) is 2. The van der Waals surface area contributed by atoms with Crippen LogP contribution in [-0.4, -0.2) is 22.0 Å². The van der Waals surface area contributed by atoms with Gasteiger partial charge < -0.3 is 9.84 Å². The van der Waals surface area contributed by atoms with Crippen LogP contribution in [0.1, 0.15) is 37.9 Å². The molecular weight excluding hydrogens is 180 g/mol. The highest BCUT2D eigenvalue weighted by molar-refractivity contribution is 5.32. The van der Waals surface area contributed by atoms with E-state index in [1.54, 1.807) is 11.8 Å². The molecule has 0 aromatic carbocycles. The largest absolute Gasteiger partial charge is 0.481 e. The molecule has 1 N–H and O–H groups in total. The summed E-state index contributed by atoms with van der Waals surface area (Å²) >= 11 is 0. The van der Waals surface area contributed by atoms with Crippen molar-refractivity contribution in [2.24, 2.45) is 0 Å². The lowest BCUT2D eigenvalue weighted by molar-refractivity contribution is 0.269. The molecular formula is C10H18N2O2. The topological polar surface area (TPSA) is 47.3 Å². The lowest BCUT2D eigenvalue weighted by Gasteiger charge is -2.04. The van der Waals surface area contributed by atoms with E-state index in [0.29, 0.717) is 11.8 Å². The van der Waals surface area contributed by atoms with Crippen molar-refractivity contribution in [3.8, 4) is 5.88 Å². The molecule has 0 aliphatic rings. The summed E-state index contributed by atoms with van der Waals surface area (Å²) in [7, 11) is 1.60. The van der Waals surface area contributed by atoms with Gasteiger partial charge in [-0.3, -0.25) is 0 Å². The summed E-state index contributed by atoms with van der Waals surface area (Å²) < 4.78 is 7.01. The first-order valence-corrected chi connectivity index (χ1v) is 4.90. The molecule has 4 heteroatoms. The summed E-state index contributed by atoms with van der Waals surface area (Å²) in [5.41, 5.74) is 1.73. The van der Waals surface area contributed by atoms with Crippen molar-refractivity contribution in [2.75, 3.05) is 7.11 Å². The minimum Gasteiger partial charge on any atom is -0.481 e. The monoisotopic (exact) mass is 198 g/mol. The van der Waals surface area contributed by atoms with Crippen LogP contribution in [0.15, 0.2) is 0 Å². The van der Waals surface area contributed by atoms with Gasteiger partial charge in [0.25, 0.3) is 0 Å². The summed E-state index contributed by atoms with van der Waals surface area (Å²) in [5.74, 6) is 0.984. The van der Waals surface area contributed by atoms with Crippen LogP contribution in [0.2, 0.25) is 0 Å². The lowest BCUT2D eigenvalue weighted by atomic mass is 10.1. The van der Waals surface area contributed by atoms with E-state index >= 15 is 0 Å². The van der Waals surface area contributed by atoms with Gasteiger partial charge >= 0.3 is 0 Å². The first-order valence-electron chi connectivity index (χ1n) is 4.90. The zero-order chi connectivity index (χ0) is 10.7. The summed E-state index contributed by atoms with van der Waals surface area (Å²) in [6.07, 6.45) is 0. The number of aryl methyl sites for hydroxylation is 1. The van der Waals surface area contributed by atoms with E-state index in [1.807, 2.05) is 6.92 Å². The molecule has 0 aliphatic carbocycles. The molecule has 0 amide bonds. The minimum atomic E-state index is -0.0172. The van der Waals surface area contributed by atoms with Gasteiger partial charge in [0, 0.05) is 6.54 Å². The van der Waals surface area contributed by atoms with Crippen LogP contribution in [0.25, 0.3) is 0 Å². The maximum Gasteiger partial charge on any atom is 0.217 e. The second-order valence-corrected chi connectivity index (χ2v) is 3.50. The van der Waals surface area contributed by atoms with E-state index in [1.165, 1.54) is 0 Å². The predicted molar refractivity (Wildman–Crippen MR) is 54.5 cm³/mol. The fraction of sp³-hybridized carbons (Fsp3) is 0.700. The molecule has 0 spiro atoms. The van der Waals surface area contributed by atoms with Gasteiger partial charge in [-0.2, -0.15) is 5.10 Å². The van der Waals surface area contributed by atoms with E-state index < -0.39 is 0 Å². The highest BCUT2D eigenvalue weighted by atomic mass is 16.5. The SMILES string of the molecule is CCn1nc(C(C)C)c(CO)c1OC. The van der Waals surface area contributed by atoms with Gasteiger partial charge in [0.05, 0.1) is 25.0 Å². The molecule has 0 fully saturated rings. The van der Waals surface area contributed by atoms with Gasteiger partial charge in [-0.25, -0.2) is 4.68 Å². The number of methoxy groups -OCH3 is 1. The molecule has 1 heterocycles. The Bertz CT molecular complexity index is 305. The van der Waals surface area contributed by atoms with Crippen LogP contribution >= 0.6 is 0 Å². The Kier molecular flexibility index (Phi) is 3.52. The molecule has 1 aromatic rings. The van der Waals surface area contributed by atoms with Crippen LogP contribution in [0.5, 0.6) is 5.88 Å². The molecule has 0 radical (unpaired) electrons. The van der Waals surface area contributed by atoms with Gasteiger partial charge in [0.2, 0.25) is 5.88 Å². The molecule has 1 aromatic heterocycles. The number of ether oxygens (including phenoxy) is 1. The van der Waals surface area contributed by atoms with Crippen molar-refractivity contribution in [1.82, 2.24) is 9.78 Å². The molecule has 4 nitrogen and oxygen atoms in total. The number of aromatic nitrogens is 2. The van der Waals surface area contributed by atoms with Crippen LogP contribution in [0.4, 0.5) is 0 Å². The maximum atomic E-state index is 9.25. The third kappa shape index (κ3) is 1.75. The molecule has 14 heavy (non-hydrogen) atoms. The average Bonchev–Trinajstić information content (AvgIpc) is 2.54. The highest BCUT2D eigenvalue weighted by Crippen LogP contribution is 2.27. The van der Waals surface area contributed by atoms with Crippen LogP contribution < -0.4 is 4.74 Å². The lowest BCUT2D eigenvalue weighted by Crippen LogP contribution is -2.00. The fourth-order valence-electron chi connectivity index (χ4n) is 1.56. The second kappa shape index (κ2) is 4.46. The van der Waals surface area contributed by atoms with Gasteiger partial charge in [0.15, 0.2) is 0 Å². The van der Waals surface area contributed by atoms with Gasteiger partial charge in [-0.1, -0.05) is 13.8 Å². The van der Waals surface area contributed by atoms with Crippen molar-refractivity contribution >= 4 is 0 Å². The van der Waals surface area contributed by atoms with Crippen molar-refractivity contribution in [2.45, 2.75) is 39.8 Å². The zero-order valence-corrected chi connectivity index (χ0v) is 9.24. The Hall–Kier alpha value is -1.03. The Labute approximate surface area is 84.5 Å². The molecule has 80 valence electrons. The molecule has 0 bridgehead atoms. The third-order valence-electron chi connectivity index (χ3n) is 2.23. The van der Waals surface area contributed by atoms with E-state index in [2.05, 4.69) is 18.9 Å². The summed E-state index contributed by atoms with van der Waals surface area (Å²) in [5, 5.41) is 13.7. The van der Waals surface area contributed by atoms with Gasteiger partial charge in [-0.15, -0.1) is 0 Å². The summed E-state index contributed by atoms with van der Waals surface area (Å²) in [6, 6.07) is 0. The zero-order valence-electron chi connectivity index (χ0n) is 9.24. The molecule has 0 saturated carbocycles. The molecule has 0 unspecified atom stereocenters. The standard InChI is InChI=1S/C10H18N2O2/c1-5-12-10(14-4)8(6-13)9(11-12)7(2)3/h7,13H,5-6H2,1-4H3. The number of aliphatic hydroxyl groups excluding tert-OH is 1. The number of hydrogen-bond acceptors (Lipinski definition) is 3. The Morgan fingerprint density at radius 2 is 2.14 bits per heavy atom. The first kappa shape index (κ1) is 11.0. The van der Waals surface area contributed by atoms with Gasteiger partial charge in [0.1, 0.15) is 0 Å². The third-order valence-corrected chi connectivity index (χ3v) is 2.23. The van der Waals surface area contributed by atoms with Crippen LogP contribution in [0, 0.1) is 0 Å². The Balaban J connectivity index is 3.24. The Morgan fingerprint density at radius 3 is 2.50 bits per heavy atom. The summed E-state index contributed by atoms with van der Waals surface area (Å²) in [6.45, 7) is 6.85. The van der Waals surface area contributed by atoms with Crippen molar-refractivity contribution in [3.05, 3.63) is 11.3 Å². The normalized spacial score (nSPS) is 11.0. The molecule has 0 aliphatic heterocycles. The number of rotatable bonds is 4. The maximum absolute atomic E-state index is 9.25.